The Labute approximate surface area is 180 Å². The van der Waals surface area contributed by atoms with Crippen molar-refractivity contribution < 1.29 is 9.18 Å². The van der Waals surface area contributed by atoms with E-state index >= 15 is 0 Å². The maximum atomic E-state index is 14.1. The van der Waals surface area contributed by atoms with Crippen LogP contribution in [-0.4, -0.2) is 15.7 Å². The summed E-state index contributed by atoms with van der Waals surface area (Å²) >= 11 is 0. The van der Waals surface area contributed by atoms with Gasteiger partial charge in [0, 0.05) is 17.4 Å². The average Bonchev–Trinajstić information content (AvgIpc) is 3.17. The molecular formula is C25H23FN4O. The van der Waals surface area contributed by atoms with Gasteiger partial charge in [-0.25, -0.2) is 9.07 Å². The fraction of sp³-hybridized carbons (Fsp3) is 0.120. The summed E-state index contributed by atoms with van der Waals surface area (Å²) in [5.74, 6) is -0.688. The molecule has 1 heterocycles. The number of rotatable bonds is 6. The van der Waals surface area contributed by atoms with Gasteiger partial charge in [0.15, 0.2) is 0 Å². The summed E-state index contributed by atoms with van der Waals surface area (Å²) in [5.41, 5.74) is 4.09. The first kappa shape index (κ1) is 20.3. The second-order valence-electron chi connectivity index (χ2n) is 7.32. The molecular weight excluding hydrogens is 391 g/mol. The Morgan fingerprint density at radius 3 is 2.29 bits per heavy atom. The molecule has 0 radical (unpaired) electrons. The zero-order valence-electron chi connectivity index (χ0n) is 17.3. The smallest absolute Gasteiger partial charge is 0.259 e. The Morgan fingerprint density at radius 1 is 0.935 bits per heavy atom. The molecule has 0 aliphatic heterocycles. The summed E-state index contributed by atoms with van der Waals surface area (Å²) in [6.07, 6.45) is 1.45. The molecule has 4 rings (SSSR count). The quantitative estimate of drug-likeness (QED) is 0.423. The van der Waals surface area contributed by atoms with E-state index in [-0.39, 0.29) is 11.9 Å². The highest BCUT2D eigenvalue weighted by Crippen LogP contribution is 2.22. The topological polar surface area (TPSA) is 59.0 Å². The van der Waals surface area contributed by atoms with Crippen LogP contribution >= 0.6 is 0 Å². The van der Waals surface area contributed by atoms with Crippen LogP contribution in [0.5, 0.6) is 0 Å². The maximum absolute atomic E-state index is 14.1. The second-order valence-corrected chi connectivity index (χ2v) is 7.32. The van der Waals surface area contributed by atoms with E-state index in [9.17, 15) is 9.18 Å². The Balaban J connectivity index is 1.44. The number of carbonyl (C=O) groups is 1. The van der Waals surface area contributed by atoms with E-state index in [4.69, 9.17) is 0 Å². The minimum atomic E-state index is -0.395. The van der Waals surface area contributed by atoms with Gasteiger partial charge in [-0.1, -0.05) is 42.5 Å². The van der Waals surface area contributed by atoms with Gasteiger partial charge in [0.1, 0.15) is 11.5 Å². The minimum Gasteiger partial charge on any atom is -0.379 e. The summed E-state index contributed by atoms with van der Waals surface area (Å²) < 4.78 is 15.5. The largest absolute Gasteiger partial charge is 0.379 e. The molecule has 3 aromatic carbocycles. The van der Waals surface area contributed by atoms with Crippen molar-refractivity contribution in [3.63, 3.8) is 0 Å². The lowest BCUT2D eigenvalue weighted by atomic mass is 10.1. The van der Waals surface area contributed by atoms with Crippen molar-refractivity contribution in [2.75, 3.05) is 10.6 Å². The van der Waals surface area contributed by atoms with Gasteiger partial charge in [-0.05, 0) is 55.8 Å². The van der Waals surface area contributed by atoms with Crippen LogP contribution in [0.4, 0.5) is 15.8 Å². The third-order valence-electron chi connectivity index (χ3n) is 5.16. The number of benzene rings is 3. The molecule has 0 saturated carbocycles. The third-order valence-corrected chi connectivity index (χ3v) is 5.16. The van der Waals surface area contributed by atoms with Crippen molar-refractivity contribution in [1.82, 2.24) is 9.78 Å². The molecule has 4 aromatic rings. The molecule has 5 nitrogen and oxygen atoms in total. The lowest BCUT2D eigenvalue weighted by Gasteiger charge is -2.16. The molecule has 0 aliphatic carbocycles. The predicted molar refractivity (Wildman–Crippen MR) is 121 cm³/mol. The van der Waals surface area contributed by atoms with E-state index in [1.54, 1.807) is 25.1 Å². The lowest BCUT2D eigenvalue weighted by Crippen LogP contribution is -2.13. The van der Waals surface area contributed by atoms with Crippen LogP contribution in [0.15, 0.2) is 85.1 Å². The molecule has 156 valence electrons. The van der Waals surface area contributed by atoms with Crippen molar-refractivity contribution in [1.29, 1.82) is 0 Å². The van der Waals surface area contributed by atoms with Gasteiger partial charge < -0.3 is 10.6 Å². The van der Waals surface area contributed by atoms with Crippen LogP contribution in [0, 0.1) is 12.7 Å². The lowest BCUT2D eigenvalue weighted by molar-refractivity contribution is 0.102. The van der Waals surface area contributed by atoms with Crippen molar-refractivity contribution in [2.24, 2.45) is 0 Å². The Bertz CT molecular complexity index is 1190. The van der Waals surface area contributed by atoms with Crippen molar-refractivity contribution in [3.8, 4) is 5.69 Å². The average molecular weight is 414 g/mol. The highest BCUT2D eigenvalue weighted by molar-refractivity contribution is 6.05. The number of halogens is 1. The summed E-state index contributed by atoms with van der Waals surface area (Å²) in [6.45, 7) is 3.84. The van der Waals surface area contributed by atoms with E-state index in [0.29, 0.717) is 22.6 Å². The van der Waals surface area contributed by atoms with Crippen LogP contribution in [0.25, 0.3) is 5.69 Å². The maximum Gasteiger partial charge on any atom is 0.259 e. The summed E-state index contributed by atoms with van der Waals surface area (Å²) in [5, 5.41) is 10.5. The summed E-state index contributed by atoms with van der Waals surface area (Å²) in [4.78, 5) is 12.7. The molecule has 1 aromatic heterocycles. The standard InChI is InChI=1S/C25H23FN4O/c1-17(19-8-4-3-5-9-19)28-20-12-14-21(15-13-20)29-25(31)22-16-27-30(18(22)2)24-11-7-6-10-23(24)26/h3-17,28H,1-2H3,(H,29,31). The van der Waals surface area contributed by atoms with Crippen LogP contribution in [0.3, 0.4) is 0 Å². The van der Waals surface area contributed by atoms with Gasteiger partial charge in [0.25, 0.3) is 5.91 Å². The van der Waals surface area contributed by atoms with Crippen molar-refractivity contribution in [3.05, 3.63) is 108 Å². The first-order valence-electron chi connectivity index (χ1n) is 10.1. The molecule has 31 heavy (non-hydrogen) atoms. The van der Waals surface area contributed by atoms with E-state index in [0.717, 1.165) is 5.69 Å². The normalized spacial score (nSPS) is 11.7. The fourth-order valence-corrected chi connectivity index (χ4v) is 3.42. The number of nitrogens with one attached hydrogen (secondary N) is 2. The Hall–Kier alpha value is -3.93. The Kier molecular flexibility index (Phi) is 5.80. The van der Waals surface area contributed by atoms with Crippen LogP contribution in [0.2, 0.25) is 0 Å². The third kappa shape index (κ3) is 4.48. The molecule has 0 spiro atoms. The van der Waals surface area contributed by atoms with E-state index in [1.807, 2.05) is 42.5 Å². The van der Waals surface area contributed by atoms with Crippen molar-refractivity contribution in [2.45, 2.75) is 19.9 Å². The first-order valence-corrected chi connectivity index (χ1v) is 10.1. The summed E-state index contributed by atoms with van der Waals surface area (Å²) in [7, 11) is 0. The zero-order chi connectivity index (χ0) is 21.8. The van der Waals surface area contributed by atoms with Crippen LogP contribution < -0.4 is 10.6 Å². The zero-order valence-corrected chi connectivity index (χ0v) is 17.3. The predicted octanol–water partition coefficient (Wildman–Crippen LogP) is 5.75. The van der Waals surface area contributed by atoms with Gasteiger partial charge in [0.05, 0.1) is 17.5 Å². The van der Waals surface area contributed by atoms with Crippen molar-refractivity contribution >= 4 is 17.3 Å². The number of hydrogen-bond acceptors (Lipinski definition) is 3. The molecule has 0 bridgehead atoms. The van der Waals surface area contributed by atoms with Gasteiger partial charge in [-0.15, -0.1) is 0 Å². The van der Waals surface area contributed by atoms with E-state index < -0.39 is 5.82 Å². The SMILES string of the molecule is Cc1c(C(=O)Nc2ccc(NC(C)c3ccccc3)cc2)cnn1-c1ccccc1F. The van der Waals surface area contributed by atoms with Crippen LogP contribution in [0.1, 0.15) is 34.6 Å². The minimum absolute atomic E-state index is 0.161. The molecule has 6 heteroatoms. The van der Waals surface area contributed by atoms with E-state index in [1.165, 1.54) is 22.5 Å². The highest BCUT2D eigenvalue weighted by Gasteiger charge is 2.17. The number of anilines is 2. The van der Waals surface area contributed by atoms with Gasteiger partial charge in [-0.3, -0.25) is 4.79 Å². The second kappa shape index (κ2) is 8.83. The molecule has 0 aliphatic rings. The number of aromatic nitrogens is 2. The number of carbonyl (C=O) groups excluding carboxylic acids is 1. The highest BCUT2D eigenvalue weighted by atomic mass is 19.1. The van der Waals surface area contributed by atoms with Gasteiger partial charge in [0.2, 0.25) is 0 Å². The number of amides is 1. The molecule has 0 fully saturated rings. The fourth-order valence-electron chi connectivity index (χ4n) is 3.42. The first-order chi connectivity index (χ1) is 15.0. The number of para-hydroxylation sites is 1. The molecule has 1 amide bonds. The monoisotopic (exact) mass is 414 g/mol. The van der Waals surface area contributed by atoms with Crippen LogP contribution in [-0.2, 0) is 0 Å². The van der Waals surface area contributed by atoms with Gasteiger partial charge in [-0.2, -0.15) is 5.10 Å². The van der Waals surface area contributed by atoms with E-state index in [2.05, 4.69) is 34.8 Å². The van der Waals surface area contributed by atoms with Gasteiger partial charge >= 0.3 is 0 Å². The summed E-state index contributed by atoms with van der Waals surface area (Å²) in [6, 6.07) is 24.2. The molecule has 0 saturated heterocycles. The number of hydrogen-bond donors (Lipinski definition) is 2. The number of nitrogens with zero attached hydrogens (tertiary/aromatic N) is 2. The molecule has 1 atom stereocenters. The molecule has 1 unspecified atom stereocenters. The molecule has 2 N–H and O–H groups in total. The Morgan fingerprint density at radius 2 is 1.58 bits per heavy atom.